The molecule has 1 fully saturated rings. The first-order valence-electron chi connectivity index (χ1n) is 14.0. The molecule has 4 rings (SSSR count). The molecule has 0 aromatic heterocycles. The predicted molar refractivity (Wildman–Crippen MR) is 166 cm³/mol. The maximum absolute atomic E-state index is 12.2. The third kappa shape index (κ3) is 7.55. The van der Waals surface area contributed by atoms with Gasteiger partial charge < -0.3 is 23.5 Å². The summed E-state index contributed by atoms with van der Waals surface area (Å²) in [6.07, 6.45) is 1.47. The molecule has 42 heavy (non-hydrogen) atoms. The van der Waals surface area contributed by atoms with Crippen LogP contribution in [0.3, 0.4) is 0 Å². The molecule has 0 saturated carbocycles. The van der Waals surface area contributed by atoms with Crippen LogP contribution in [-0.2, 0) is 38.3 Å². The van der Waals surface area contributed by atoms with Gasteiger partial charge in [-0.25, -0.2) is 0 Å². The number of aryl methyl sites for hydroxylation is 2. The Bertz CT molecular complexity index is 1470. The highest BCUT2D eigenvalue weighted by Crippen LogP contribution is 2.37. The highest BCUT2D eigenvalue weighted by Gasteiger charge is 2.52. The number of rotatable bonds is 11. The van der Waals surface area contributed by atoms with E-state index in [2.05, 4.69) is 22.0 Å². The highest BCUT2D eigenvalue weighted by molar-refractivity contribution is 9.10. The van der Waals surface area contributed by atoms with Gasteiger partial charge in [-0.3, -0.25) is 4.79 Å². The first-order valence-corrected chi connectivity index (χ1v) is 14.8. The van der Waals surface area contributed by atoms with E-state index in [1.165, 1.54) is 7.11 Å². The lowest BCUT2D eigenvalue weighted by atomic mass is 9.75. The van der Waals surface area contributed by atoms with Crippen LogP contribution in [0.15, 0.2) is 59.1 Å². The van der Waals surface area contributed by atoms with E-state index in [1.54, 1.807) is 0 Å². The lowest BCUT2D eigenvalue weighted by molar-refractivity contribution is -0.139. The number of benzene rings is 3. The number of nitriles is 1. The Hall–Kier alpha value is -3.32. The number of hydrogen-bond donors (Lipinski definition) is 0. The molecule has 0 amide bonds. The molecule has 0 unspecified atom stereocenters. The maximum atomic E-state index is 12.2. The van der Waals surface area contributed by atoms with E-state index >= 15 is 0 Å². The van der Waals surface area contributed by atoms with Crippen LogP contribution in [0, 0.1) is 18.3 Å². The second-order valence-corrected chi connectivity index (χ2v) is 12.4. The van der Waals surface area contributed by atoms with Gasteiger partial charge in [-0.15, -0.1) is 0 Å². The van der Waals surface area contributed by atoms with Crippen molar-refractivity contribution in [2.75, 3.05) is 13.7 Å². The van der Waals surface area contributed by atoms with E-state index < -0.39 is 18.3 Å². The zero-order valence-corrected chi connectivity index (χ0v) is 26.7. The molecule has 7 nitrogen and oxygen atoms in total. The number of hydrogen-bond acceptors (Lipinski definition) is 7. The number of esters is 1. The topological polar surface area (TPSA) is 87.0 Å². The van der Waals surface area contributed by atoms with Gasteiger partial charge in [0.25, 0.3) is 0 Å². The van der Waals surface area contributed by atoms with Gasteiger partial charge in [0.05, 0.1) is 43.0 Å². The van der Waals surface area contributed by atoms with Gasteiger partial charge in [0.2, 0.25) is 0 Å². The average molecular weight is 634 g/mol. The maximum Gasteiger partial charge on any atom is 0.495 e. The van der Waals surface area contributed by atoms with Crippen molar-refractivity contribution in [2.45, 2.75) is 71.7 Å². The zero-order chi connectivity index (χ0) is 30.5. The van der Waals surface area contributed by atoms with Crippen molar-refractivity contribution < 1.29 is 28.3 Å². The summed E-state index contributed by atoms with van der Waals surface area (Å²) in [5.74, 6) is 1.02. The molecule has 1 heterocycles. The fourth-order valence-electron chi connectivity index (χ4n) is 4.72. The van der Waals surface area contributed by atoms with Gasteiger partial charge in [-0.2, -0.15) is 5.26 Å². The highest BCUT2D eigenvalue weighted by atomic mass is 79.9. The average Bonchev–Trinajstić information content (AvgIpc) is 3.16. The summed E-state index contributed by atoms with van der Waals surface area (Å²) in [6, 6.07) is 19.5. The Morgan fingerprint density at radius 3 is 2.38 bits per heavy atom. The minimum absolute atomic E-state index is 0.0949. The molecule has 3 aromatic rings. The summed E-state index contributed by atoms with van der Waals surface area (Å²) >= 11 is 3.47. The van der Waals surface area contributed by atoms with Gasteiger partial charge in [0.1, 0.15) is 18.1 Å². The Balaban J connectivity index is 1.49. The molecular formula is C33H37BBrNO6. The zero-order valence-electron chi connectivity index (χ0n) is 25.1. The lowest BCUT2D eigenvalue weighted by Crippen LogP contribution is -2.41. The molecule has 0 atom stereocenters. The fourth-order valence-corrected chi connectivity index (χ4v) is 5.10. The molecule has 0 radical (unpaired) electrons. The standard InChI is InChI=1S/C33H37BBrNO6/c1-22-15-26(17-31(37)38-6)30(19-29(22)34-41-32(2,3)33(4,5)42-34)39-14-8-9-24-16-23(20-36)12-13-25(24)21-40-28-11-7-10-27(35)18-28/h7,10-13,15-16,18-19H,8-9,14,17,21H2,1-6H3. The quantitative estimate of drug-likeness (QED) is 0.140. The molecule has 1 aliphatic rings. The predicted octanol–water partition coefficient (Wildman–Crippen LogP) is 6.23. The molecule has 3 aromatic carbocycles. The van der Waals surface area contributed by atoms with Crippen LogP contribution >= 0.6 is 15.9 Å². The van der Waals surface area contributed by atoms with Gasteiger partial charge in [0.15, 0.2) is 0 Å². The number of methoxy groups -OCH3 is 1. The van der Waals surface area contributed by atoms with Gasteiger partial charge in [0, 0.05) is 10.0 Å². The molecule has 220 valence electrons. The Morgan fingerprint density at radius 1 is 0.976 bits per heavy atom. The third-order valence-corrected chi connectivity index (χ3v) is 8.39. The summed E-state index contributed by atoms with van der Waals surface area (Å²) < 4.78 is 30.8. The van der Waals surface area contributed by atoms with Crippen molar-refractivity contribution in [3.63, 3.8) is 0 Å². The summed E-state index contributed by atoms with van der Waals surface area (Å²) in [5, 5.41) is 9.47. The molecule has 1 aliphatic heterocycles. The van der Waals surface area contributed by atoms with Crippen molar-refractivity contribution in [1.29, 1.82) is 5.26 Å². The SMILES string of the molecule is COC(=O)Cc1cc(C)c(B2OC(C)(C)C(C)(C)O2)cc1OCCCc1cc(C#N)ccc1COc1cccc(Br)c1. The Morgan fingerprint density at radius 2 is 1.71 bits per heavy atom. The number of carbonyl (C=O) groups excluding carboxylic acids is 1. The van der Waals surface area contributed by atoms with E-state index in [0.29, 0.717) is 37.4 Å². The lowest BCUT2D eigenvalue weighted by Gasteiger charge is -2.32. The minimum atomic E-state index is -0.550. The molecule has 9 heteroatoms. The minimum Gasteiger partial charge on any atom is -0.493 e. The summed E-state index contributed by atoms with van der Waals surface area (Å²) in [5.41, 5.74) is 4.24. The second-order valence-electron chi connectivity index (χ2n) is 11.5. The molecule has 1 saturated heterocycles. The fraction of sp³-hybridized carbons (Fsp3) is 0.394. The Labute approximate surface area is 257 Å². The van der Waals surface area contributed by atoms with Gasteiger partial charge in [-0.1, -0.05) is 39.7 Å². The van der Waals surface area contributed by atoms with Crippen LogP contribution in [0.5, 0.6) is 11.5 Å². The van der Waals surface area contributed by atoms with E-state index in [0.717, 1.165) is 37.9 Å². The molecular weight excluding hydrogens is 597 g/mol. The van der Waals surface area contributed by atoms with Crippen LogP contribution in [0.25, 0.3) is 0 Å². The van der Waals surface area contributed by atoms with Crippen molar-refractivity contribution in [3.05, 3.63) is 86.9 Å². The van der Waals surface area contributed by atoms with E-state index in [-0.39, 0.29) is 12.4 Å². The van der Waals surface area contributed by atoms with Crippen LogP contribution in [0.4, 0.5) is 0 Å². The van der Waals surface area contributed by atoms with Crippen LogP contribution in [-0.4, -0.2) is 38.0 Å². The number of halogens is 1. The molecule has 0 N–H and O–H groups in total. The van der Waals surface area contributed by atoms with E-state index in [1.807, 2.05) is 89.2 Å². The van der Waals surface area contributed by atoms with Crippen LogP contribution < -0.4 is 14.9 Å². The van der Waals surface area contributed by atoms with Crippen LogP contribution in [0.2, 0.25) is 0 Å². The normalized spacial score (nSPS) is 15.2. The van der Waals surface area contributed by atoms with E-state index in [4.69, 9.17) is 23.5 Å². The van der Waals surface area contributed by atoms with Crippen LogP contribution in [0.1, 0.15) is 61.9 Å². The second kappa shape index (κ2) is 13.3. The third-order valence-electron chi connectivity index (χ3n) is 7.89. The molecule has 0 aliphatic carbocycles. The number of carbonyl (C=O) groups is 1. The monoisotopic (exact) mass is 633 g/mol. The summed E-state index contributed by atoms with van der Waals surface area (Å²) in [7, 11) is 0.827. The Kier molecular flexibility index (Phi) is 10.0. The molecule has 0 spiro atoms. The number of ether oxygens (including phenoxy) is 3. The molecule has 0 bridgehead atoms. The first-order chi connectivity index (χ1) is 19.9. The van der Waals surface area contributed by atoms with Crippen molar-refractivity contribution in [2.24, 2.45) is 0 Å². The van der Waals surface area contributed by atoms with Gasteiger partial charge >= 0.3 is 13.1 Å². The van der Waals surface area contributed by atoms with E-state index in [9.17, 15) is 10.1 Å². The summed E-state index contributed by atoms with van der Waals surface area (Å²) in [6.45, 7) is 10.8. The van der Waals surface area contributed by atoms with Gasteiger partial charge in [-0.05, 0) is 100 Å². The van der Waals surface area contributed by atoms with Crippen molar-refractivity contribution >= 4 is 34.5 Å². The van der Waals surface area contributed by atoms with Crippen molar-refractivity contribution in [1.82, 2.24) is 0 Å². The first kappa shape index (κ1) is 31.6. The number of nitrogens with zero attached hydrogens (tertiary/aromatic N) is 1. The summed E-state index contributed by atoms with van der Waals surface area (Å²) in [4.78, 5) is 12.2. The van der Waals surface area contributed by atoms with Crippen molar-refractivity contribution in [3.8, 4) is 17.6 Å². The largest absolute Gasteiger partial charge is 0.495 e. The smallest absolute Gasteiger partial charge is 0.493 e.